The third-order valence-corrected chi connectivity index (χ3v) is 7.18. The van der Waals surface area contributed by atoms with Crippen molar-refractivity contribution in [2.24, 2.45) is 5.41 Å². The second kappa shape index (κ2) is 9.15. The number of benzene rings is 1. The first kappa shape index (κ1) is 22.5. The number of likely N-dealkylation sites (tertiary alicyclic amines) is 2. The number of amides is 2. The summed E-state index contributed by atoms with van der Waals surface area (Å²) in [7, 11) is 1.63. The molecule has 34 heavy (non-hydrogen) atoms. The van der Waals surface area contributed by atoms with Crippen LogP contribution < -0.4 is 4.90 Å². The lowest BCUT2D eigenvalue weighted by Crippen LogP contribution is -2.36. The predicted octanol–water partition coefficient (Wildman–Crippen LogP) is 3.15. The van der Waals surface area contributed by atoms with Crippen molar-refractivity contribution in [3.8, 4) is 11.4 Å². The molecule has 0 saturated carbocycles. The number of carbonyl (C=O) groups is 2. The smallest absolute Gasteiger partial charge is 0.322 e. The second-order valence-corrected chi connectivity index (χ2v) is 9.56. The zero-order chi connectivity index (χ0) is 23.7. The summed E-state index contributed by atoms with van der Waals surface area (Å²) in [6.45, 7) is 4.08. The largest absolute Gasteiger partial charge is 0.344 e. The molecular weight excluding hydrogens is 454 g/mol. The van der Waals surface area contributed by atoms with Gasteiger partial charge in [-0.05, 0) is 37.1 Å². The van der Waals surface area contributed by atoms with Gasteiger partial charge in [-0.2, -0.15) is 9.78 Å². The standard InChI is InChI=1S/C24H26ClN7O2/c1-29(17-33)20-12-28-32(14-20)23(34)31-10-6-24(16-31)5-9-30(15-24)13-19-4-3-18(11-21(19)25)22-26-7-2-8-27-22/h2-4,7-8,11-12,14,17H,5-6,9-10,13,15-16H2,1H3. The Kier molecular flexibility index (Phi) is 6.05. The first-order valence-corrected chi connectivity index (χ1v) is 11.6. The monoisotopic (exact) mass is 479 g/mol. The summed E-state index contributed by atoms with van der Waals surface area (Å²) >= 11 is 6.61. The zero-order valence-electron chi connectivity index (χ0n) is 19.0. The molecule has 1 unspecified atom stereocenters. The van der Waals surface area contributed by atoms with Gasteiger partial charge in [0.25, 0.3) is 0 Å². The van der Waals surface area contributed by atoms with Crippen molar-refractivity contribution in [3.05, 3.63) is 59.6 Å². The minimum atomic E-state index is -0.150. The van der Waals surface area contributed by atoms with Gasteiger partial charge in [0.05, 0.1) is 18.1 Å². The first-order valence-electron chi connectivity index (χ1n) is 11.3. The topological polar surface area (TPSA) is 87.5 Å². The fourth-order valence-corrected chi connectivity index (χ4v) is 5.14. The minimum Gasteiger partial charge on any atom is -0.322 e. The molecule has 2 aliphatic heterocycles. The van der Waals surface area contributed by atoms with Crippen LogP contribution in [0.5, 0.6) is 0 Å². The molecule has 3 aromatic rings. The summed E-state index contributed by atoms with van der Waals surface area (Å²) in [6, 6.07) is 7.63. The van der Waals surface area contributed by atoms with E-state index < -0.39 is 0 Å². The Labute approximate surface area is 203 Å². The van der Waals surface area contributed by atoms with Crippen LogP contribution >= 0.6 is 11.6 Å². The number of rotatable bonds is 5. The Bertz CT molecular complexity index is 1200. The number of aromatic nitrogens is 4. The molecule has 1 aromatic carbocycles. The minimum absolute atomic E-state index is 0.0928. The zero-order valence-corrected chi connectivity index (χ0v) is 19.7. The molecule has 10 heteroatoms. The highest BCUT2D eigenvalue weighted by molar-refractivity contribution is 6.31. The maximum atomic E-state index is 13.0. The summed E-state index contributed by atoms with van der Waals surface area (Å²) in [5, 5.41) is 4.86. The van der Waals surface area contributed by atoms with Gasteiger partial charge in [0.2, 0.25) is 6.41 Å². The van der Waals surface area contributed by atoms with E-state index >= 15 is 0 Å². The summed E-state index contributed by atoms with van der Waals surface area (Å²) < 4.78 is 1.32. The van der Waals surface area contributed by atoms with E-state index in [0.29, 0.717) is 36.0 Å². The Morgan fingerprint density at radius 1 is 1.21 bits per heavy atom. The molecule has 1 atom stereocenters. The van der Waals surface area contributed by atoms with Crippen LogP contribution in [-0.4, -0.2) is 75.2 Å². The number of nitrogens with zero attached hydrogens (tertiary/aromatic N) is 7. The molecule has 5 rings (SSSR count). The van der Waals surface area contributed by atoms with Gasteiger partial charge in [0, 0.05) is 61.6 Å². The summed E-state index contributed by atoms with van der Waals surface area (Å²) in [6.07, 6.45) is 9.26. The average molecular weight is 480 g/mol. The van der Waals surface area contributed by atoms with Crippen LogP contribution in [-0.2, 0) is 11.3 Å². The Hall–Kier alpha value is -3.30. The molecule has 2 aliphatic rings. The molecule has 4 heterocycles. The highest BCUT2D eigenvalue weighted by Crippen LogP contribution is 2.40. The third kappa shape index (κ3) is 4.41. The SMILES string of the molecule is CN(C=O)c1cnn(C(=O)N2CCC3(CCN(Cc4ccc(-c5ncccn5)cc4Cl)C3)C2)c1. The average Bonchev–Trinajstić information content (AvgIpc) is 3.61. The Balaban J connectivity index is 1.21. The fraction of sp³-hybridized carbons (Fsp3) is 0.375. The van der Waals surface area contributed by atoms with Gasteiger partial charge in [-0.15, -0.1) is 0 Å². The van der Waals surface area contributed by atoms with Gasteiger partial charge < -0.3 is 9.80 Å². The van der Waals surface area contributed by atoms with E-state index in [-0.39, 0.29) is 11.4 Å². The highest BCUT2D eigenvalue weighted by Gasteiger charge is 2.45. The van der Waals surface area contributed by atoms with Crippen molar-refractivity contribution in [1.82, 2.24) is 29.5 Å². The highest BCUT2D eigenvalue weighted by atomic mass is 35.5. The number of carbonyl (C=O) groups excluding carboxylic acids is 2. The quantitative estimate of drug-likeness (QED) is 0.522. The maximum absolute atomic E-state index is 13.0. The molecule has 0 N–H and O–H groups in total. The van der Waals surface area contributed by atoms with Crippen LogP contribution in [0.25, 0.3) is 11.4 Å². The third-order valence-electron chi connectivity index (χ3n) is 6.83. The Morgan fingerprint density at radius 2 is 2.00 bits per heavy atom. The number of halogens is 1. The van der Waals surface area contributed by atoms with E-state index in [4.69, 9.17) is 11.6 Å². The molecule has 0 aliphatic carbocycles. The van der Waals surface area contributed by atoms with Crippen LogP contribution in [0.4, 0.5) is 10.5 Å². The van der Waals surface area contributed by atoms with Gasteiger partial charge in [-0.25, -0.2) is 14.8 Å². The van der Waals surface area contributed by atoms with Crippen LogP contribution in [0.3, 0.4) is 0 Å². The molecule has 0 bridgehead atoms. The maximum Gasteiger partial charge on any atom is 0.344 e. The van der Waals surface area contributed by atoms with Gasteiger partial charge in [0.15, 0.2) is 5.82 Å². The second-order valence-electron chi connectivity index (χ2n) is 9.15. The van der Waals surface area contributed by atoms with Gasteiger partial charge in [0.1, 0.15) is 0 Å². The summed E-state index contributed by atoms with van der Waals surface area (Å²) in [5.41, 5.74) is 2.66. The molecule has 0 radical (unpaired) electrons. The van der Waals surface area contributed by atoms with Crippen LogP contribution in [0.1, 0.15) is 18.4 Å². The van der Waals surface area contributed by atoms with Crippen LogP contribution in [0.15, 0.2) is 49.1 Å². The molecule has 2 fully saturated rings. The van der Waals surface area contributed by atoms with Gasteiger partial charge in [-0.1, -0.05) is 23.7 Å². The molecule has 2 aromatic heterocycles. The Morgan fingerprint density at radius 3 is 2.76 bits per heavy atom. The molecule has 176 valence electrons. The molecule has 1 spiro atoms. The molecule has 2 amide bonds. The van der Waals surface area contributed by atoms with Crippen LogP contribution in [0.2, 0.25) is 5.02 Å². The van der Waals surface area contributed by atoms with E-state index in [2.05, 4.69) is 26.0 Å². The normalized spacial score (nSPS) is 20.2. The predicted molar refractivity (Wildman–Crippen MR) is 128 cm³/mol. The molecular formula is C24H26ClN7O2. The molecule has 2 saturated heterocycles. The van der Waals surface area contributed by atoms with Crippen molar-refractivity contribution in [1.29, 1.82) is 0 Å². The number of hydrogen-bond acceptors (Lipinski definition) is 6. The van der Waals surface area contributed by atoms with E-state index in [1.165, 1.54) is 15.8 Å². The lowest BCUT2D eigenvalue weighted by atomic mass is 9.86. The van der Waals surface area contributed by atoms with E-state index in [1.54, 1.807) is 31.7 Å². The van der Waals surface area contributed by atoms with E-state index in [1.807, 2.05) is 17.0 Å². The van der Waals surface area contributed by atoms with E-state index in [0.717, 1.165) is 43.6 Å². The lowest BCUT2D eigenvalue weighted by Gasteiger charge is -2.25. The summed E-state index contributed by atoms with van der Waals surface area (Å²) in [4.78, 5) is 38.2. The lowest BCUT2D eigenvalue weighted by molar-refractivity contribution is -0.107. The molecule has 9 nitrogen and oxygen atoms in total. The summed E-state index contributed by atoms with van der Waals surface area (Å²) in [5.74, 6) is 0.661. The number of hydrogen-bond donors (Lipinski definition) is 0. The van der Waals surface area contributed by atoms with Crippen LogP contribution in [0, 0.1) is 5.41 Å². The van der Waals surface area contributed by atoms with Crippen molar-refractivity contribution < 1.29 is 9.59 Å². The first-order chi connectivity index (χ1) is 16.5. The van der Waals surface area contributed by atoms with Crippen molar-refractivity contribution in [2.75, 3.05) is 38.1 Å². The van der Waals surface area contributed by atoms with E-state index in [9.17, 15) is 9.59 Å². The van der Waals surface area contributed by atoms with Crippen molar-refractivity contribution >= 4 is 29.7 Å². The van der Waals surface area contributed by atoms with Crippen molar-refractivity contribution in [2.45, 2.75) is 19.4 Å². The number of anilines is 1. The van der Waals surface area contributed by atoms with Crippen molar-refractivity contribution in [3.63, 3.8) is 0 Å². The fourth-order valence-electron chi connectivity index (χ4n) is 4.90. The van der Waals surface area contributed by atoms with Gasteiger partial charge >= 0.3 is 6.03 Å². The van der Waals surface area contributed by atoms with Gasteiger partial charge in [-0.3, -0.25) is 9.69 Å².